The lowest BCUT2D eigenvalue weighted by atomic mass is 9.87. The van der Waals surface area contributed by atoms with E-state index in [9.17, 15) is 14.0 Å². The van der Waals surface area contributed by atoms with Gasteiger partial charge in [0.2, 0.25) is 11.8 Å². The topological polar surface area (TPSA) is 61.4 Å². The lowest BCUT2D eigenvalue weighted by Crippen LogP contribution is -2.47. The molecule has 0 aliphatic carbocycles. The number of likely N-dealkylation sites (tertiary alicyclic amines) is 1. The van der Waals surface area contributed by atoms with Gasteiger partial charge in [-0.15, -0.1) is 0 Å². The van der Waals surface area contributed by atoms with Crippen LogP contribution >= 0.6 is 0 Å². The number of benzene rings is 1. The van der Waals surface area contributed by atoms with Crippen molar-refractivity contribution in [2.45, 2.75) is 64.0 Å². The summed E-state index contributed by atoms with van der Waals surface area (Å²) in [4.78, 5) is 25.5. The molecule has 6 heteroatoms. The molecule has 2 amide bonds. The van der Waals surface area contributed by atoms with Crippen molar-refractivity contribution < 1.29 is 14.0 Å². The first-order valence-corrected chi connectivity index (χ1v) is 9.39. The third-order valence-electron chi connectivity index (χ3n) is 5.48. The van der Waals surface area contributed by atoms with Crippen LogP contribution < -0.4 is 10.6 Å². The molecule has 0 bridgehead atoms. The van der Waals surface area contributed by atoms with Crippen LogP contribution in [-0.4, -0.2) is 41.4 Å². The summed E-state index contributed by atoms with van der Waals surface area (Å²) in [6.45, 7) is 8.71. The van der Waals surface area contributed by atoms with Gasteiger partial charge in [0.05, 0.1) is 5.69 Å². The molecule has 1 aromatic rings. The van der Waals surface area contributed by atoms with Gasteiger partial charge in [-0.1, -0.05) is 6.07 Å². The molecule has 0 saturated carbocycles. The number of carbonyl (C=O) groups excluding carboxylic acids is 2. The number of hydrogen-bond donors (Lipinski definition) is 2. The molecule has 2 fully saturated rings. The summed E-state index contributed by atoms with van der Waals surface area (Å²) in [6, 6.07) is 4.69. The van der Waals surface area contributed by atoms with E-state index in [4.69, 9.17) is 0 Å². The molecular formula is C20H28FN3O2. The fourth-order valence-corrected chi connectivity index (χ4v) is 3.80. The molecule has 1 atom stereocenters. The lowest BCUT2D eigenvalue weighted by molar-refractivity contribution is -0.133. The van der Waals surface area contributed by atoms with Crippen LogP contribution in [0.1, 0.15) is 57.9 Å². The molecule has 2 heterocycles. The van der Waals surface area contributed by atoms with E-state index in [1.54, 1.807) is 12.1 Å². The normalized spacial score (nSPS) is 23.0. The summed E-state index contributed by atoms with van der Waals surface area (Å²) < 4.78 is 14.6. The molecule has 0 radical (unpaired) electrons. The predicted octanol–water partition coefficient (Wildman–Crippen LogP) is 3.02. The maximum absolute atomic E-state index is 14.6. The number of amides is 2. The Morgan fingerprint density at radius 1 is 1.15 bits per heavy atom. The average molecular weight is 361 g/mol. The average Bonchev–Trinajstić information content (AvgIpc) is 2.58. The van der Waals surface area contributed by atoms with Gasteiger partial charge in [-0.2, -0.15) is 0 Å². The van der Waals surface area contributed by atoms with Crippen LogP contribution in [0.15, 0.2) is 18.2 Å². The molecule has 26 heavy (non-hydrogen) atoms. The Balaban J connectivity index is 1.63. The number of nitrogens with zero attached hydrogens (tertiary/aromatic N) is 1. The number of imide groups is 1. The van der Waals surface area contributed by atoms with E-state index in [1.807, 2.05) is 6.07 Å². The van der Waals surface area contributed by atoms with Crippen LogP contribution in [-0.2, 0) is 9.59 Å². The van der Waals surface area contributed by atoms with Crippen molar-refractivity contribution in [2.24, 2.45) is 0 Å². The molecule has 1 aromatic carbocycles. The monoisotopic (exact) mass is 361 g/mol. The summed E-state index contributed by atoms with van der Waals surface area (Å²) in [5, 5.41) is 5.21. The van der Waals surface area contributed by atoms with Gasteiger partial charge < -0.3 is 5.32 Å². The Kier molecular flexibility index (Phi) is 5.32. The first kappa shape index (κ1) is 18.8. The van der Waals surface area contributed by atoms with E-state index in [0.717, 1.165) is 31.5 Å². The number of anilines is 1. The van der Waals surface area contributed by atoms with Crippen molar-refractivity contribution in [1.29, 1.82) is 0 Å². The minimum absolute atomic E-state index is 0.173. The fourth-order valence-electron chi connectivity index (χ4n) is 3.80. The second-order valence-electron chi connectivity index (χ2n) is 8.32. The lowest BCUT2D eigenvalue weighted by Gasteiger charge is -2.41. The summed E-state index contributed by atoms with van der Waals surface area (Å²) in [6.07, 6.45) is 2.71. The Hall–Kier alpha value is -1.95. The molecule has 2 N–H and O–H groups in total. The van der Waals surface area contributed by atoms with Crippen LogP contribution in [0, 0.1) is 5.82 Å². The predicted molar refractivity (Wildman–Crippen MR) is 99.5 cm³/mol. The van der Waals surface area contributed by atoms with Crippen molar-refractivity contribution in [3.63, 3.8) is 0 Å². The van der Waals surface area contributed by atoms with Crippen LogP contribution in [0.2, 0.25) is 0 Å². The van der Waals surface area contributed by atoms with Crippen molar-refractivity contribution in [3.05, 3.63) is 29.6 Å². The van der Waals surface area contributed by atoms with Gasteiger partial charge in [-0.3, -0.25) is 19.8 Å². The van der Waals surface area contributed by atoms with Gasteiger partial charge in [0.1, 0.15) is 11.9 Å². The van der Waals surface area contributed by atoms with Crippen molar-refractivity contribution in [1.82, 2.24) is 10.2 Å². The van der Waals surface area contributed by atoms with Crippen molar-refractivity contribution in [2.75, 3.05) is 18.4 Å². The third-order valence-corrected chi connectivity index (χ3v) is 5.48. The van der Waals surface area contributed by atoms with E-state index < -0.39 is 6.04 Å². The molecule has 0 aromatic heterocycles. The Morgan fingerprint density at radius 3 is 2.42 bits per heavy atom. The Labute approximate surface area is 154 Å². The highest BCUT2D eigenvalue weighted by molar-refractivity contribution is 6.01. The van der Waals surface area contributed by atoms with Crippen LogP contribution in [0.3, 0.4) is 0 Å². The first-order chi connectivity index (χ1) is 12.2. The number of halogens is 1. The number of piperidine rings is 2. The zero-order chi connectivity index (χ0) is 18.9. The molecular weight excluding hydrogens is 333 g/mol. The SMILES string of the molecule is CC(C)(C)N1CCC(c2ccc(NC3CCC(=O)NC3=O)c(F)c2)CC1. The number of rotatable bonds is 3. The molecule has 142 valence electrons. The minimum atomic E-state index is -0.567. The number of hydrogen-bond acceptors (Lipinski definition) is 4. The summed E-state index contributed by atoms with van der Waals surface area (Å²) in [7, 11) is 0. The van der Waals surface area contributed by atoms with E-state index in [0.29, 0.717) is 18.0 Å². The van der Waals surface area contributed by atoms with Gasteiger partial charge >= 0.3 is 0 Å². The highest BCUT2D eigenvalue weighted by Crippen LogP contribution is 2.32. The molecule has 2 aliphatic rings. The van der Waals surface area contributed by atoms with E-state index in [1.165, 1.54) is 0 Å². The second kappa shape index (κ2) is 7.35. The standard InChI is InChI=1S/C20H28FN3O2/c1-20(2,3)24-10-8-13(9-11-24)14-4-5-16(15(21)12-14)22-17-6-7-18(25)23-19(17)26/h4-5,12-13,17,22H,6-11H2,1-3H3,(H,23,25,26). The zero-order valence-electron chi connectivity index (χ0n) is 15.8. The molecule has 2 aliphatic heterocycles. The van der Waals surface area contributed by atoms with Crippen LogP contribution in [0.5, 0.6) is 0 Å². The quantitative estimate of drug-likeness (QED) is 0.813. The Bertz CT molecular complexity index is 691. The smallest absolute Gasteiger partial charge is 0.249 e. The minimum Gasteiger partial charge on any atom is -0.371 e. The summed E-state index contributed by atoms with van der Waals surface area (Å²) >= 11 is 0. The van der Waals surface area contributed by atoms with Crippen molar-refractivity contribution >= 4 is 17.5 Å². The molecule has 1 unspecified atom stereocenters. The first-order valence-electron chi connectivity index (χ1n) is 9.39. The van der Waals surface area contributed by atoms with Crippen molar-refractivity contribution in [3.8, 4) is 0 Å². The van der Waals surface area contributed by atoms with E-state index in [2.05, 4.69) is 36.3 Å². The Morgan fingerprint density at radius 2 is 1.85 bits per heavy atom. The molecule has 2 saturated heterocycles. The van der Waals surface area contributed by atoms with Crippen LogP contribution in [0.25, 0.3) is 0 Å². The number of nitrogens with one attached hydrogen (secondary N) is 2. The van der Waals surface area contributed by atoms with Gasteiger partial charge in [0.15, 0.2) is 0 Å². The second-order valence-corrected chi connectivity index (χ2v) is 8.32. The number of carbonyl (C=O) groups is 2. The van der Waals surface area contributed by atoms with E-state index in [-0.39, 0.29) is 29.6 Å². The highest BCUT2D eigenvalue weighted by atomic mass is 19.1. The zero-order valence-corrected chi connectivity index (χ0v) is 15.8. The maximum Gasteiger partial charge on any atom is 0.249 e. The van der Waals surface area contributed by atoms with Gasteiger partial charge in [-0.25, -0.2) is 4.39 Å². The summed E-state index contributed by atoms with van der Waals surface area (Å²) in [5.74, 6) is -0.636. The van der Waals surface area contributed by atoms with Gasteiger partial charge in [0.25, 0.3) is 0 Å². The van der Waals surface area contributed by atoms with E-state index >= 15 is 0 Å². The fraction of sp³-hybridized carbons (Fsp3) is 0.600. The molecule has 0 spiro atoms. The molecule has 3 rings (SSSR count). The molecule has 5 nitrogen and oxygen atoms in total. The third kappa shape index (κ3) is 4.23. The maximum atomic E-state index is 14.6. The van der Waals surface area contributed by atoms with Gasteiger partial charge in [0, 0.05) is 12.0 Å². The van der Waals surface area contributed by atoms with Crippen LogP contribution in [0.4, 0.5) is 10.1 Å². The summed E-state index contributed by atoms with van der Waals surface area (Å²) in [5.41, 5.74) is 1.51. The van der Waals surface area contributed by atoms with Gasteiger partial charge in [-0.05, 0) is 76.7 Å². The largest absolute Gasteiger partial charge is 0.371 e. The highest BCUT2D eigenvalue weighted by Gasteiger charge is 2.29.